The maximum Gasteiger partial charge on any atom is 0.407 e. The summed E-state index contributed by atoms with van der Waals surface area (Å²) in [6.45, 7) is -0.114. The number of ether oxygens (including phenoxy) is 1. The second-order valence-corrected chi connectivity index (χ2v) is 6.84. The number of carbonyl (C=O) groups excluding carboxylic acids is 3. The van der Waals surface area contributed by atoms with Crippen LogP contribution in [0.5, 0.6) is 0 Å². The fourth-order valence-electron chi connectivity index (χ4n) is 2.69. The van der Waals surface area contributed by atoms with Crippen molar-refractivity contribution in [2.45, 2.75) is 31.6 Å². The van der Waals surface area contributed by atoms with Crippen molar-refractivity contribution in [3.63, 3.8) is 0 Å². The van der Waals surface area contributed by atoms with Crippen LogP contribution in [0.4, 0.5) is 4.79 Å². The third kappa shape index (κ3) is 8.55. The number of aliphatic hydroxyl groups excluding tert-OH is 1. The summed E-state index contributed by atoms with van der Waals surface area (Å²) < 4.78 is 5.02. The molecule has 162 valence electrons. The van der Waals surface area contributed by atoms with Crippen LogP contribution < -0.4 is 16.4 Å². The van der Waals surface area contributed by atoms with Crippen LogP contribution in [0.2, 0.25) is 0 Å². The molecule has 5 N–H and O–H groups in total. The quantitative estimate of drug-likeness (QED) is 0.441. The Balaban J connectivity index is 1.74. The molecule has 0 heterocycles. The molecule has 2 atom stereocenters. The molecule has 2 aromatic rings. The highest BCUT2D eigenvalue weighted by molar-refractivity contribution is 5.87. The van der Waals surface area contributed by atoms with E-state index < -0.39 is 30.1 Å². The minimum atomic E-state index is -1.17. The first-order chi connectivity index (χ1) is 14.9. The third-order valence-electron chi connectivity index (χ3n) is 4.32. The molecular formula is C22H24N4O5. The molecule has 3 amide bonds. The smallest absolute Gasteiger partial charge is 0.407 e. The van der Waals surface area contributed by atoms with Gasteiger partial charge < -0.3 is 26.2 Å². The molecule has 0 aliphatic heterocycles. The third-order valence-corrected chi connectivity index (χ3v) is 4.32. The molecule has 0 aliphatic carbocycles. The number of nitriles is 1. The highest BCUT2D eigenvalue weighted by atomic mass is 16.5. The average molecular weight is 424 g/mol. The Hall–Kier alpha value is -3.90. The van der Waals surface area contributed by atoms with Crippen molar-refractivity contribution in [1.29, 1.82) is 5.26 Å². The van der Waals surface area contributed by atoms with Gasteiger partial charge in [0.2, 0.25) is 11.8 Å². The van der Waals surface area contributed by atoms with Crippen LogP contribution >= 0.6 is 0 Å². The van der Waals surface area contributed by atoms with Crippen LogP contribution in [0.25, 0.3) is 0 Å². The molecule has 2 aromatic carbocycles. The van der Waals surface area contributed by atoms with Crippen molar-refractivity contribution in [3.05, 3.63) is 71.3 Å². The van der Waals surface area contributed by atoms with Gasteiger partial charge >= 0.3 is 6.09 Å². The van der Waals surface area contributed by atoms with Crippen LogP contribution in [-0.2, 0) is 27.4 Å². The second kappa shape index (κ2) is 11.9. The molecular weight excluding hydrogens is 400 g/mol. The zero-order chi connectivity index (χ0) is 22.6. The lowest BCUT2D eigenvalue weighted by molar-refractivity contribution is -0.128. The monoisotopic (exact) mass is 424 g/mol. The van der Waals surface area contributed by atoms with E-state index in [2.05, 4.69) is 10.6 Å². The summed E-state index contributed by atoms with van der Waals surface area (Å²) in [5.41, 5.74) is 7.36. The number of nitrogens with two attached hydrogens (primary N) is 1. The predicted octanol–water partition coefficient (Wildman–Crippen LogP) is 0.748. The molecule has 31 heavy (non-hydrogen) atoms. The van der Waals surface area contributed by atoms with Gasteiger partial charge in [-0.1, -0.05) is 42.5 Å². The highest BCUT2D eigenvalue weighted by Gasteiger charge is 2.21. The lowest BCUT2D eigenvalue weighted by Crippen LogP contribution is -2.47. The van der Waals surface area contributed by atoms with Crippen molar-refractivity contribution < 1.29 is 24.2 Å². The van der Waals surface area contributed by atoms with Gasteiger partial charge in [-0.05, 0) is 23.3 Å². The number of primary amides is 1. The van der Waals surface area contributed by atoms with Gasteiger partial charge in [-0.15, -0.1) is 0 Å². The first-order valence-electron chi connectivity index (χ1n) is 9.57. The zero-order valence-electron chi connectivity index (χ0n) is 16.8. The van der Waals surface area contributed by atoms with E-state index in [4.69, 9.17) is 15.7 Å². The van der Waals surface area contributed by atoms with Crippen molar-refractivity contribution in [2.24, 2.45) is 5.73 Å². The standard InChI is InChI=1S/C22H24N4O5/c23-12-16-8-6-15(7-9-16)10-19(21(24)29)26-20(28)11-18(27)13-25-22(30)31-14-17-4-2-1-3-5-17/h1-9,18-19,27H,10-11,13-14H2,(H2,24,29)(H,25,30)(H,26,28)/t18-,19+/m0/s1. The molecule has 0 aromatic heterocycles. The summed E-state index contributed by atoms with van der Waals surface area (Å²) in [6.07, 6.45) is -2.09. The number of amides is 3. The molecule has 0 unspecified atom stereocenters. The molecule has 0 radical (unpaired) electrons. The Morgan fingerprint density at radius 3 is 2.35 bits per heavy atom. The number of carbonyl (C=O) groups is 3. The molecule has 0 spiro atoms. The van der Waals surface area contributed by atoms with Crippen LogP contribution in [0.15, 0.2) is 54.6 Å². The van der Waals surface area contributed by atoms with Gasteiger partial charge in [-0.3, -0.25) is 9.59 Å². The van der Waals surface area contributed by atoms with Crippen molar-refractivity contribution in [3.8, 4) is 6.07 Å². The van der Waals surface area contributed by atoms with E-state index in [-0.39, 0.29) is 26.0 Å². The number of hydrogen-bond donors (Lipinski definition) is 4. The fourth-order valence-corrected chi connectivity index (χ4v) is 2.69. The Bertz CT molecular complexity index is 925. The van der Waals surface area contributed by atoms with Gasteiger partial charge in [0.05, 0.1) is 24.2 Å². The summed E-state index contributed by atoms with van der Waals surface area (Å²) in [6, 6.07) is 16.6. The van der Waals surface area contributed by atoms with Gasteiger partial charge in [0, 0.05) is 13.0 Å². The van der Waals surface area contributed by atoms with Gasteiger partial charge in [0.25, 0.3) is 0 Å². The maximum atomic E-state index is 12.1. The molecule has 0 saturated heterocycles. The number of benzene rings is 2. The van der Waals surface area contributed by atoms with Crippen molar-refractivity contribution >= 4 is 17.9 Å². The molecule has 0 bridgehead atoms. The SMILES string of the molecule is N#Cc1ccc(C[C@@H](NC(=O)C[C@H](O)CNC(=O)OCc2ccccc2)C(N)=O)cc1. The van der Waals surface area contributed by atoms with Crippen LogP contribution in [0.1, 0.15) is 23.1 Å². The number of aliphatic hydroxyl groups is 1. The van der Waals surface area contributed by atoms with Crippen LogP contribution in [0.3, 0.4) is 0 Å². The highest BCUT2D eigenvalue weighted by Crippen LogP contribution is 2.07. The number of nitrogens with one attached hydrogen (secondary N) is 2. The topological polar surface area (TPSA) is 155 Å². The normalized spacial score (nSPS) is 12.1. The van der Waals surface area contributed by atoms with Gasteiger partial charge in [-0.25, -0.2) is 4.79 Å². The first kappa shape index (κ1) is 23.4. The summed E-state index contributed by atoms with van der Waals surface area (Å²) in [5, 5.41) is 23.6. The lowest BCUT2D eigenvalue weighted by atomic mass is 10.0. The molecule has 0 saturated carbocycles. The Morgan fingerprint density at radius 1 is 1.06 bits per heavy atom. The van der Waals surface area contributed by atoms with E-state index in [9.17, 15) is 19.5 Å². The Morgan fingerprint density at radius 2 is 1.74 bits per heavy atom. The van der Waals surface area contributed by atoms with Gasteiger partial charge in [-0.2, -0.15) is 5.26 Å². The summed E-state index contributed by atoms with van der Waals surface area (Å²) in [5.74, 6) is -1.32. The van der Waals surface area contributed by atoms with E-state index in [1.165, 1.54) is 0 Å². The van der Waals surface area contributed by atoms with E-state index in [1.54, 1.807) is 36.4 Å². The summed E-state index contributed by atoms with van der Waals surface area (Å²) >= 11 is 0. The van der Waals surface area contributed by atoms with Crippen molar-refractivity contribution in [1.82, 2.24) is 10.6 Å². The minimum absolute atomic E-state index is 0.0822. The zero-order valence-corrected chi connectivity index (χ0v) is 16.8. The number of rotatable bonds is 10. The van der Waals surface area contributed by atoms with Crippen LogP contribution in [-0.4, -0.2) is 41.7 Å². The largest absolute Gasteiger partial charge is 0.445 e. The molecule has 0 aliphatic rings. The fraction of sp³-hybridized carbons (Fsp3) is 0.273. The van der Waals surface area contributed by atoms with E-state index in [0.29, 0.717) is 11.1 Å². The summed E-state index contributed by atoms with van der Waals surface area (Å²) in [4.78, 5) is 35.5. The van der Waals surface area contributed by atoms with Gasteiger partial charge in [0.15, 0.2) is 0 Å². The number of nitrogens with zero attached hydrogens (tertiary/aromatic N) is 1. The molecule has 9 heteroatoms. The van der Waals surface area contributed by atoms with Gasteiger partial charge in [0.1, 0.15) is 12.6 Å². The van der Waals surface area contributed by atoms with Crippen LogP contribution in [0, 0.1) is 11.3 Å². The molecule has 0 fully saturated rings. The lowest BCUT2D eigenvalue weighted by Gasteiger charge is -2.17. The predicted molar refractivity (Wildman–Crippen MR) is 111 cm³/mol. The minimum Gasteiger partial charge on any atom is -0.445 e. The number of alkyl carbamates (subject to hydrolysis) is 1. The second-order valence-electron chi connectivity index (χ2n) is 6.84. The summed E-state index contributed by atoms with van der Waals surface area (Å²) in [7, 11) is 0. The maximum absolute atomic E-state index is 12.1. The molecule has 2 rings (SSSR count). The average Bonchev–Trinajstić information content (AvgIpc) is 2.77. The number of hydrogen-bond acceptors (Lipinski definition) is 6. The van der Waals surface area contributed by atoms with E-state index in [1.807, 2.05) is 24.3 Å². The van der Waals surface area contributed by atoms with E-state index in [0.717, 1.165) is 5.56 Å². The van der Waals surface area contributed by atoms with E-state index >= 15 is 0 Å². The Labute approximate surface area is 179 Å². The Kier molecular flexibility index (Phi) is 9.01. The van der Waals surface area contributed by atoms with Crippen molar-refractivity contribution in [2.75, 3.05) is 6.54 Å². The first-order valence-corrected chi connectivity index (χ1v) is 9.57. The molecule has 9 nitrogen and oxygen atoms in total.